The Kier molecular flexibility index (Phi) is 3.84. The van der Waals surface area contributed by atoms with Crippen molar-refractivity contribution in [3.8, 4) is 0 Å². The van der Waals surface area contributed by atoms with E-state index in [2.05, 4.69) is 25.9 Å². The van der Waals surface area contributed by atoms with E-state index in [1.165, 1.54) is 0 Å². The summed E-state index contributed by atoms with van der Waals surface area (Å²) in [4.78, 5) is 52.0. The molecule has 2 aliphatic heterocycles. The van der Waals surface area contributed by atoms with E-state index in [4.69, 9.17) is 9.57 Å². The van der Waals surface area contributed by atoms with Crippen molar-refractivity contribution in [1.82, 2.24) is 31.0 Å². The molecule has 3 N–H and O–H groups in total. The van der Waals surface area contributed by atoms with Gasteiger partial charge in [-0.2, -0.15) is 10.3 Å². The van der Waals surface area contributed by atoms with Gasteiger partial charge in [-0.1, -0.05) is 5.21 Å². The first-order chi connectivity index (χ1) is 11.4. The van der Waals surface area contributed by atoms with E-state index in [1.54, 1.807) is 0 Å². The maximum Gasteiger partial charge on any atom is 0.372 e. The van der Waals surface area contributed by atoms with Gasteiger partial charge in [-0.25, -0.2) is 4.79 Å². The summed E-state index contributed by atoms with van der Waals surface area (Å²) in [6.07, 6.45) is -0.621. The van der Waals surface area contributed by atoms with Gasteiger partial charge in [0.1, 0.15) is 12.6 Å². The number of hydrogen-bond donors (Lipinski definition) is 3. The molecule has 24 heavy (non-hydrogen) atoms. The molecule has 2 fully saturated rings. The molecule has 3 rings (SSSR count). The van der Waals surface area contributed by atoms with E-state index in [9.17, 15) is 24.3 Å². The monoisotopic (exact) mass is 340 g/mol. The van der Waals surface area contributed by atoms with Gasteiger partial charge < -0.3 is 15.2 Å². The van der Waals surface area contributed by atoms with Crippen LogP contribution in [0.2, 0.25) is 0 Å². The summed E-state index contributed by atoms with van der Waals surface area (Å²) in [6.45, 7) is -0.288. The van der Waals surface area contributed by atoms with Crippen molar-refractivity contribution in [2.45, 2.75) is 31.0 Å². The summed E-state index contributed by atoms with van der Waals surface area (Å²) in [5, 5.41) is 24.9. The smallest absolute Gasteiger partial charge is 0.372 e. The topological polar surface area (TPSA) is 177 Å². The largest absolute Gasteiger partial charge is 0.477 e. The van der Waals surface area contributed by atoms with Crippen LogP contribution in [0.15, 0.2) is 0 Å². The number of hydroxylamine groups is 2. The number of ether oxygens (including phenoxy) is 1. The molecule has 1 aromatic heterocycles. The fourth-order valence-corrected chi connectivity index (χ4v) is 2.40. The second-order valence-electron chi connectivity index (χ2n) is 5.12. The number of aromatic nitrogens is 4. The van der Waals surface area contributed by atoms with Gasteiger partial charge in [-0.3, -0.25) is 19.2 Å². The number of carbonyl (C=O) groups excluding carboxylic acids is 3. The first kappa shape index (κ1) is 15.8. The van der Waals surface area contributed by atoms with Gasteiger partial charge in [0.05, 0.1) is 12.8 Å². The number of H-pyrrole nitrogens is 1. The number of carboxylic acids is 1. The van der Waals surface area contributed by atoms with Crippen LogP contribution >= 0.6 is 0 Å². The highest BCUT2D eigenvalue weighted by molar-refractivity contribution is 5.94. The molecule has 1 unspecified atom stereocenters. The number of aromatic amines is 1. The third-order valence-corrected chi connectivity index (χ3v) is 3.52. The SMILES string of the molecule is O=C(Cc1nn[nH]n1)N[C@H]1CON(C2(C(=O)O)CCC(=O)O2)C1=O. The summed E-state index contributed by atoms with van der Waals surface area (Å²) in [5.74, 6) is -3.55. The number of carbonyl (C=O) groups is 4. The number of amides is 2. The van der Waals surface area contributed by atoms with Crippen molar-refractivity contribution in [2.75, 3.05) is 6.61 Å². The lowest BCUT2D eigenvalue weighted by molar-refractivity contribution is -0.256. The van der Waals surface area contributed by atoms with Gasteiger partial charge in [-0.05, 0) is 0 Å². The van der Waals surface area contributed by atoms with Crippen molar-refractivity contribution in [2.24, 2.45) is 0 Å². The van der Waals surface area contributed by atoms with Crippen molar-refractivity contribution in [3.05, 3.63) is 5.82 Å². The Morgan fingerprint density at radius 1 is 1.46 bits per heavy atom. The normalized spacial score (nSPS) is 26.5. The summed E-state index contributed by atoms with van der Waals surface area (Å²) in [6, 6.07) is -1.11. The molecule has 0 spiro atoms. The van der Waals surface area contributed by atoms with Crippen molar-refractivity contribution in [1.29, 1.82) is 0 Å². The second kappa shape index (κ2) is 5.84. The molecule has 2 amide bonds. The first-order valence-electron chi connectivity index (χ1n) is 6.86. The number of tetrazole rings is 1. The Hall–Kier alpha value is -3.09. The number of nitrogens with zero attached hydrogens (tertiary/aromatic N) is 4. The van der Waals surface area contributed by atoms with Gasteiger partial charge in [0.2, 0.25) is 5.91 Å². The first-order valence-corrected chi connectivity index (χ1v) is 6.86. The van der Waals surface area contributed by atoms with E-state index in [0.29, 0.717) is 5.06 Å². The Morgan fingerprint density at radius 2 is 2.25 bits per heavy atom. The Labute approximate surface area is 133 Å². The number of esters is 1. The van der Waals surface area contributed by atoms with E-state index in [-0.39, 0.29) is 31.7 Å². The molecule has 0 saturated carbocycles. The molecule has 0 radical (unpaired) electrons. The fourth-order valence-electron chi connectivity index (χ4n) is 2.40. The summed E-state index contributed by atoms with van der Waals surface area (Å²) < 4.78 is 4.80. The number of carboxylic acid groups (broad SMARTS) is 1. The van der Waals surface area contributed by atoms with E-state index < -0.39 is 35.5 Å². The molecule has 13 heteroatoms. The molecular formula is C11H12N6O7. The van der Waals surface area contributed by atoms with Crippen LogP contribution in [-0.4, -0.2) is 72.9 Å². The summed E-state index contributed by atoms with van der Waals surface area (Å²) in [5.41, 5.74) is -2.21. The highest BCUT2D eigenvalue weighted by atomic mass is 16.7. The molecule has 2 saturated heterocycles. The molecule has 2 aliphatic rings. The fraction of sp³-hybridized carbons (Fsp3) is 0.545. The predicted molar refractivity (Wildman–Crippen MR) is 68.3 cm³/mol. The molecule has 1 aromatic rings. The van der Waals surface area contributed by atoms with Gasteiger partial charge >= 0.3 is 17.7 Å². The highest BCUT2D eigenvalue weighted by Gasteiger charge is 2.59. The van der Waals surface area contributed by atoms with Gasteiger partial charge in [0, 0.05) is 6.42 Å². The average molecular weight is 340 g/mol. The van der Waals surface area contributed by atoms with Crippen LogP contribution in [-0.2, 0) is 35.2 Å². The van der Waals surface area contributed by atoms with E-state index in [1.807, 2.05) is 0 Å². The highest BCUT2D eigenvalue weighted by Crippen LogP contribution is 2.33. The minimum absolute atomic E-state index is 0.127. The maximum atomic E-state index is 12.3. The van der Waals surface area contributed by atoms with Crippen LogP contribution in [0.4, 0.5) is 0 Å². The number of aliphatic carboxylic acids is 1. The molecule has 0 bridgehead atoms. The average Bonchev–Trinajstić information content (AvgIpc) is 3.22. The Balaban J connectivity index is 1.67. The molecule has 0 aromatic carbocycles. The second-order valence-corrected chi connectivity index (χ2v) is 5.12. The summed E-state index contributed by atoms with van der Waals surface area (Å²) >= 11 is 0. The molecule has 13 nitrogen and oxygen atoms in total. The zero-order valence-corrected chi connectivity index (χ0v) is 12.1. The lowest BCUT2D eigenvalue weighted by atomic mass is 10.1. The number of rotatable bonds is 5. The third-order valence-electron chi connectivity index (χ3n) is 3.52. The number of nitrogens with one attached hydrogen (secondary N) is 2. The lowest BCUT2D eigenvalue weighted by Gasteiger charge is -2.30. The van der Waals surface area contributed by atoms with E-state index in [0.717, 1.165) is 0 Å². The number of cyclic esters (lactones) is 1. The predicted octanol–water partition coefficient (Wildman–Crippen LogP) is -2.88. The molecular weight excluding hydrogens is 328 g/mol. The van der Waals surface area contributed by atoms with Crippen LogP contribution in [0.1, 0.15) is 18.7 Å². The quantitative estimate of drug-likeness (QED) is 0.472. The van der Waals surface area contributed by atoms with Crippen molar-refractivity contribution < 1.29 is 33.9 Å². The van der Waals surface area contributed by atoms with Crippen LogP contribution in [0.25, 0.3) is 0 Å². The summed E-state index contributed by atoms with van der Waals surface area (Å²) in [7, 11) is 0. The zero-order chi connectivity index (χ0) is 17.3. The van der Waals surface area contributed by atoms with Crippen LogP contribution < -0.4 is 5.32 Å². The van der Waals surface area contributed by atoms with Crippen LogP contribution in [0, 0.1) is 0 Å². The maximum absolute atomic E-state index is 12.3. The van der Waals surface area contributed by atoms with Gasteiger partial charge in [0.15, 0.2) is 5.82 Å². The van der Waals surface area contributed by atoms with Gasteiger partial charge in [0.25, 0.3) is 5.91 Å². The number of hydrogen-bond acceptors (Lipinski definition) is 9. The van der Waals surface area contributed by atoms with E-state index >= 15 is 0 Å². The third kappa shape index (κ3) is 2.64. The molecule has 3 heterocycles. The minimum atomic E-state index is -2.21. The van der Waals surface area contributed by atoms with Gasteiger partial charge in [-0.15, -0.1) is 10.2 Å². The van der Waals surface area contributed by atoms with Crippen LogP contribution in [0.3, 0.4) is 0 Å². The molecule has 128 valence electrons. The standard InChI is InChI=1S/C11H12N6O7/c18-7(3-6-13-15-16-14-6)12-5-4-23-17(9(5)20)11(10(21)22)2-1-8(19)24-11/h5H,1-4H2,(H,12,18)(H,21,22)(H,13,14,15,16)/t5-,11?/m0/s1. The Bertz CT molecular complexity index is 691. The van der Waals surface area contributed by atoms with Crippen molar-refractivity contribution >= 4 is 23.8 Å². The van der Waals surface area contributed by atoms with Crippen LogP contribution in [0.5, 0.6) is 0 Å². The zero-order valence-electron chi connectivity index (χ0n) is 12.1. The lowest BCUT2D eigenvalue weighted by Crippen LogP contribution is -2.56. The molecule has 0 aliphatic carbocycles. The minimum Gasteiger partial charge on any atom is -0.477 e. The molecule has 2 atom stereocenters. The van der Waals surface area contributed by atoms with Crippen molar-refractivity contribution in [3.63, 3.8) is 0 Å². The Morgan fingerprint density at radius 3 is 2.83 bits per heavy atom.